The minimum atomic E-state index is -0.394. The standard InChI is InChI=1S/C38H54N6O3/c1-29(39-3)37(12-7-22-45)41(4)30(2)36-11-5-10-35(23-33(36)27-46)43-20-13-31(14-21-43)25-42-18-6-9-32(15-19-42)34-24-40-44(26-34)38(28-47)16-8-17-38/h5,10,22-24,26-28,31-32,37,39H,1-2,6-9,11-21,25H2,3-4H3. The lowest BCUT2D eigenvalue weighted by atomic mass is 9.78. The first-order chi connectivity index (χ1) is 22.8. The number of nitrogens with zero attached hydrogens (tertiary/aromatic N) is 5. The molecule has 2 unspecified atom stereocenters. The molecule has 9 nitrogen and oxygen atoms in total. The molecule has 4 aliphatic rings. The van der Waals surface area contributed by atoms with Gasteiger partial charge in [-0.3, -0.25) is 9.48 Å². The van der Waals surface area contributed by atoms with E-state index in [0.29, 0.717) is 36.7 Å². The van der Waals surface area contributed by atoms with Crippen molar-refractivity contribution < 1.29 is 14.4 Å². The second-order valence-corrected chi connectivity index (χ2v) is 14.0. The Kier molecular flexibility index (Phi) is 11.7. The van der Waals surface area contributed by atoms with Crippen LogP contribution in [0.25, 0.3) is 0 Å². The van der Waals surface area contributed by atoms with Crippen LogP contribution in [-0.2, 0) is 19.9 Å². The topological polar surface area (TPSA) is 90.8 Å². The van der Waals surface area contributed by atoms with Crippen molar-refractivity contribution in [3.63, 3.8) is 0 Å². The predicted molar refractivity (Wildman–Crippen MR) is 187 cm³/mol. The number of allylic oxidation sites excluding steroid dienone is 5. The lowest BCUT2D eigenvalue weighted by Gasteiger charge is -2.36. The van der Waals surface area contributed by atoms with E-state index in [2.05, 4.69) is 51.7 Å². The van der Waals surface area contributed by atoms with E-state index in [0.717, 1.165) is 113 Å². The van der Waals surface area contributed by atoms with Gasteiger partial charge in [0.15, 0.2) is 0 Å². The molecular formula is C38H54N6O3. The summed E-state index contributed by atoms with van der Waals surface area (Å²) in [5.74, 6) is 1.18. The first kappa shape index (κ1) is 34.6. The molecule has 1 aromatic heterocycles. The molecule has 0 bridgehead atoms. The molecule has 2 aliphatic carbocycles. The van der Waals surface area contributed by atoms with E-state index in [1.807, 2.05) is 35.9 Å². The molecule has 1 saturated carbocycles. The second-order valence-electron chi connectivity index (χ2n) is 14.0. The van der Waals surface area contributed by atoms with Gasteiger partial charge in [0, 0.05) is 69.0 Å². The molecule has 1 aromatic rings. The molecule has 2 aliphatic heterocycles. The lowest BCUT2D eigenvalue weighted by molar-refractivity contribution is -0.119. The van der Waals surface area contributed by atoms with Crippen molar-refractivity contribution in [1.29, 1.82) is 0 Å². The summed E-state index contributed by atoms with van der Waals surface area (Å²) >= 11 is 0. The number of hydrogen-bond acceptors (Lipinski definition) is 8. The molecule has 254 valence electrons. The first-order valence-electron chi connectivity index (χ1n) is 17.6. The predicted octanol–water partition coefficient (Wildman–Crippen LogP) is 5.11. The van der Waals surface area contributed by atoms with Crippen LogP contribution in [0.5, 0.6) is 0 Å². The van der Waals surface area contributed by atoms with Gasteiger partial charge in [0.1, 0.15) is 24.4 Å². The number of rotatable bonds is 15. The van der Waals surface area contributed by atoms with Crippen LogP contribution in [0.2, 0.25) is 0 Å². The minimum absolute atomic E-state index is 0.102. The SMILES string of the molecule is C=C(NC)C(CCC=O)N(C)C(=C)C1=C(C=O)C=C(N2CCC(CN3CCCC(c4cnn(C5(C=O)CCC5)c4)CC3)CC2)C=CC1. The highest BCUT2D eigenvalue weighted by Crippen LogP contribution is 2.38. The highest BCUT2D eigenvalue weighted by Gasteiger charge is 2.40. The van der Waals surface area contributed by atoms with Crippen LogP contribution in [0.15, 0.2) is 72.0 Å². The summed E-state index contributed by atoms with van der Waals surface area (Å²) in [7, 11) is 3.79. The van der Waals surface area contributed by atoms with Crippen LogP contribution >= 0.6 is 0 Å². The highest BCUT2D eigenvalue weighted by molar-refractivity contribution is 5.81. The molecule has 0 aromatic carbocycles. The van der Waals surface area contributed by atoms with Crippen LogP contribution in [0, 0.1) is 5.92 Å². The molecule has 2 atom stereocenters. The zero-order valence-electron chi connectivity index (χ0n) is 28.5. The largest absolute Gasteiger partial charge is 0.390 e. The van der Waals surface area contributed by atoms with E-state index in [1.165, 1.54) is 18.4 Å². The van der Waals surface area contributed by atoms with E-state index >= 15 is 0 Å². The van der Waals surface area contributed by atoms with Gasteiger partial charge in [-0.2, -0.15) is 5.10 Å². The van der Waals surface area contributed by atoms with Crippen LogP contribution in [0.4, 0.5) is 0 Å². The number of aromatic nitrogens is 2. The second kappa shape index (κ2) is 15.9. The fourth-order valence-corrected chi connectivity index (χ4v) is 7.83. The van der Waals surface area contributed by atoms with Crippen LogP contribution in [0.3, 0.4) is 0 Å². The van der Waals surface area contributed by atoms with Crippen molar-refractivity contribution in [3.8, 4) is 0 Å². The number of carbonyl (C=O) groups is 3. The van der Waals surface area contributed by atoms with Crippen molar-refractivity contribution in [1.82, 2.24) is 29.8 Å². The summed E-state index contributed by atoms with van der Waals surface area (Å²) in [6, 6.07) is -0.102. The zero-order chi connectivity index (χ0) is 33.4. The minimum Gasteiger partial charge on any atom is -0.390 e. The number of nitrogens with one attached hydrogen (secondary N) is 1. The van der Waals surface area contributed by atoms with E-state index in [1.54, 1.807) is 0 Å². The van der Waals surface area contributed by atoms with Gasteiger partial charge < -0.3 is 29.6 Å². The van der Waals surface area contributed by atoms with E-state index in [-0.39, 0.29) is 6.04 Å². The van der Waals surface area contributed by atoms with Crippen LogP contribution in [0.1, 0.15) is 82.1 Å². The van der Waals surface area contributed by atoms with Gasteiger partial charge in [0.05, 0.1) is 12.2 Å². The Labute approximate surface area is 281 Å². The monoisotopic (exact) mass is 642 g/mol. The zero-order valence-corrected chi connectivity index (χ0v) is 28.5. The number of likely N-dealkylation sites (N-methyl/N-ethyl adjacent to an activating group) is 2. The third-order valence-electron chi connectivity index (χ3n) is 11.2. The average Bonchev–Trinajstić information content (AvgIpc) is 3.30. The molecule has 3 heterocycles. The third-order valence-corrected chi connectivity index (χ3v) is 11.2. The number of aldehydes is 3. The average molecular weight is 643 g/mol. The van der Waals surface area contributed by atoms with Gasteiger partial charge >= 0.3 is 0 Å². The van der Waals surface area contributed by atoms with Crippen molar-refractivity contribution in [2.75, 3.05) is 46.8 Å². The number of likely N-dealkylation sites (tertiary alicyclic amines) is 2. The smallest absolute Gasteiger partial charge is 0.150 e. The maximum Gasteiger partial charge on any atom is 0.150 e. The Morgan fingerprint density at radius 1 is 1.11 bits per heavy atom. The van der Waals surface area contributed by atoms with Gasteiger partial charge in [-0.25, -0.2) is 0 Å². The van der Waals surface area contributed by atoms with Crippen LogP contribution in [-0.4, -0.2) is 96.2 Å². The molecule has 2 saturated heterocycles. The van der Waals surface area contributed by atoms with E-state index < -0.39 is 5.54 Å². The summed E-state index contributed by atoms with van der Waals surface area (Å²) in [5, 5.41) is 7.75. The van der Waals surface area contributed by atoms with Gasteiger partial charge in [0.25, 0.3) is 0 Å². The summed E-state index contributed by atoms with van der Waals surface area (Å²) in [6.07, 6.45) is 23.8. The molecule has 1 N–H and O–H groups in total. The molecule has 47 heavy (non-hydrogen) atoms. The molecule has 9 heteroatoms. The number of hydrogen-bond donors (Lipinski definition) is 1. The Morgan fingerprint density at radius 3 is 2.55 bits per heavy atom. The number of carbonyl (C=O) groups excluding carboxylic acids is 3. The van der Waals surface area contributed by atoms with Crippen molar-refractivity contribution in [3.05, 3.63) is 77.6 Å². The Bertz CT molecular complexity index is 1390. The van der Waals surface area contributed by atoms with Crippen molar-refractivity contribution >= 4 is 18.9 Å². The molecular weight excluding hydrogens is 588 g/mol. The summed E-state index contributed by atoms with van der Waals surface area (Å²) in [5.41, 5.74) is 5.14. The van der Waals surface area contributed by atoms with E-state index in [4.69, 9.17) is 0 Å². The normalized spacial score (nSPS) is 22.7. The van der Waals surface area contributed by atoms with Gasteiger partial charge in [-0.15, -0.1) is 0 Å². The number of piperidine rings is 1. The lowest BCUT2D eigenvalue weighted by Crippen LogP contribution is -2.42. The Hall–Kier alpha value is -3.72. The van der Waals surface area contributed by atoms with E-state index in [9.17, 15) is 14.4 Å². The molecule has 0 radical (unpaired) electrons. The molecule has 0 amide bonds. The van der Waals surface area contributed by atoms with Gasteiger partial charge in [0.2, 0.25) is 0 Å². The maximum atomic E-state index is 12.4. The molecule has 3 fully saturated rings. The summed E-state index contributed by atoms with van der Waals surface area (Å²) < 4.78 is 1.94. The Balaban J connectivity index is 1.15. The first-order valence-corrected chi connectivity index (χ1v) is 17.6. The van der Waals surface area contributed by atoms with Gasteiger partial charge in [-0.1, -0.05) is 19.2 Å². The maximum absolute atomic E-state index is 12.4. The highest BCUT2D eigenvalue weighted by atomic mass is 16.1. The molecule has 0 spiro atoms. The fraction of sp³-hybridized carbons (Fsp3) is 0.579. The van der Waals surface area contributed by atoms with Crippen LogP contribution < -0.4 is 5.32 Å². The third kappa shape index (κ3) is 7.88. The van der Waals surface area contributed by atoms with Gasteiger partial charge in [-0.05, 0) is 112 Å². The summed E-state index contributed by atoms with van der Waals surface area (Å²) in [6.45, 7) is 13.9. The fourth-order valence-electron chi connectivity index (χ4n) is 7.83. The molecule has 5 rings (SSSR count). The van der Waals surface area contributed by atoms with Crippen molar-refractivity contribution in [2.24, 2.45) is 5.92 Å². The van der Waals surface area contributed by atoms with Crippen molar-refractivity contribution in [2.45, 2.75) is 88.1 Å². The summed E-state index contributed by atoms with van der Waals surface area (Å²) in [4.78, 5) is 42.4. The quantitative estimate of drug-likeness (QED) is 0.264. The Morgan fingerprint density at radius 2 is 1.89 bits per heavy atom.